The summed E-state index contributed by atoms with van der Waals surface area (Å²) in [6.45, 7) is 0.426. The van der Waals surface area contributed by atoms with E-state index >= 15 is 0 Å². The number of nitrogens with one attached hydrogen (secondary N) is 1. The highest BCUT2D eigenvalue weighted by Gasteiger charge is 2.18. The van der Waals surface area contributed by atoms with E-state index in [1.54, 1.807) is 55.4 Å². The summed E-state index contributed by atoms with van der Waals surface area (Å²) in [5.74, 6) is 1.12. The Morgan fingerprint density at radius 2 is 1.97 bits per heavy atom. The van der Waals surface area contributed by atoms with Crippen LogP contribution in [0.2, 0.25) is 10.0 Å². The van der Waals surface area contributed by atoms with E-state index in [4.69, 9.17) is 37.2 Å². The number of benzene rings is 2. The van der Waals surface area contributed by atoms with Crippen molar-refractivity contribution in [1.82, 2.24) is 14.9 Å². The Morgan fingerprint density at radius 3 is 2.72 bits per heavy atom. The summed E-state index contributed by atoms with van der Waals surface area (Å²) in [5.41, 5.74) is 2.08. The summed E-state index contributed by atoms with van der Waals surface area (Å²) in [7, 11) is 3.11. The monoisotopic (exact) mass is 472 g/mol. The Bertz CT molecular complexity index is 1270. The fourth-order valence-corrected chi connectivity index (χ4v) is 3.52. The molecular weight excluding hydrogens is 455 g/mol. The Kier molecular flexibility index (Phi) is 6.34. The third-order valence-corrected chi connectivity index (χ3v) is 5.24. The lowest BCUT2D eigenvalue weighted by Gasteiger charge is -2.07. The zero-order chi connectivity index (χ0) is 22.7. The molecule has 4 rings (SSSR count). The van der Waals surface area contributed by atoms with Gasteiger partial charge in [-0.15, -0.1) is 0 Å². The van der Waals surface area contributed by atoms with Gasteiger partial charge in [-0.3, -0.25) is 9.48 Å². The molecule has 2 aromatic carbocycles. The van der Waals surface area contributed by atoms with Crippen molar-refractivity contribution in [3.05, 3.63) is 76.2 Å². The number of carbonyl (C=O) groups excluding carboxylic acids is 1. The van der Waals surface area contributed by atoms with Crippen LogP contribution < -0.4 is 14.8 Å². The molecule has 32 heavy (non-hydrogen) atoms. The minimum Gasteiger partial charge on any atom is -0.497 e. The molecule has 10 heteroatoms. The van der Waals surface area contributed by atoms with Crippen LogP contribution in [0.25, 0.3) is 11.3 Å². The van der Waals surface area contributed by atoms with Crippen LogP contribution >= 0.6 is 23.2 Å². The molecule has 0 aliphatic rings. The Morgan fingerprint density at radius 1 is 1.12 bits per heavy atom. The normalized spacial score (nSPS) is 10.8. The fraction of sp³-hybridized carbons (Fsp3) is 0.136. The van der Waals surface area contributed by atoms with Gasteiger partial charge in [0, 0.05) is 22.3 Å². The Labute approximate surface area is 193 Å². The molecule has 0 radical (unpaired) electrons. The van der Waals surface area contributed by atoms with Gasteiger partial charge in [-0.2, -0.15) is 5.10 Å². The molecule has 0 aliphatic carbocycles. The fourth-order valence-electron chi connectivity index (χ4n) is 3.05. The molecule has 0 bridgehead atoms. The number of anilines is 1. The molecule has 0 unspecified atom stereocenters. The molecular formula is C22H18Cl2N4O4. The van der Waals surface area contributed by atoms with Gasteiger partial charge in [0.25, 0.3) is 5.91 Å². The molecule has 0 saturated carbocycles. The van der Waals surface area contributed by atoms with Gasteiger partial charge in [0.1, 0.15) is 11.5 Å². The zero-order valence-corrected chi connectivity index (χ0v) is 18.6. The van der Waals surface area contributed by atoms with Crippen LogP contribution in [0.5, 0.6) is 11.5 Å². The first kappa shape index (κ1) is 21.7. The van der Waals surface area contributed by atoms with Crippen LogP contribution in [0.3, 0.4) is 0 Å². The lowest BCUT2D eigenvalue weighted by molar-refractivity contribution is 0.101. The van der Waals surface area contributed by atoms with E-state index in [0.29, 0.717) is 45.1 Å². The molecule has 0 atom stereocenters. The Balaban J connectivity index is 1.47. The van der Waals surface area contributed by atoms with Gasteiger partial charge < -0.3 is 19.3 Å². The van der Waals surface area contributed by atoms with E-state index in [2.05, 4.69) is 15.6 Å². The number of amides is 1. The number of nitrogens with zero attached hydrogens (tertiary/aromatic N) is 3. The van der Waals surface area contributed by atoms with Crippen LogP contribution in [0.15, 0.2) is 59.4 Å². The number of methoxy groups -OCH3 is 2. The van der Waals surface area contributed by atoms with E-state index in [9.17, 15) is 4.79 Å². The average molecular weight is 473 g/mol. The smallest absolute Gasteiger partial charge is 0.277 e. The molecule has 1 amide bonds. The van der Waals surface area contributed by atoms with Gasteiger partial charge in [0.2, 0.25) is 0 Å². The number of carbonyl (C=O) groups is 1. The van der Waals surface area contributed by atoms with Gasteiger partial charge in [-0.25, -0.2) is 0 Å². The van der Waals surface area contributed by atoms with Crippen molar-refractivity contribution < 1.29 is 18.8 Å². The quantitative estimate of drug-likeness (QED) is 0.399. The maximum atomic E-state index is 12.6. The van der Waals surface area contributed by atoms with E-state index in [-0.39, 0.29) is 5.69 Å². The Hall–Kier alpha value is -3.49. The lowest BCUT2D eigenvalue weighted by atomic mass is 10.1. The second-order valence-corrected chi connectivity index (χ2v) is 7.60. The van der Waals surface area contributed by atoms with Crippen molar-refractivity contribution in [2.45, 2.75) is 6.54 Å². The summed E-state index contributed by atoms with van der Waals surface area (Å²) in [4.78, 5) is 12.6. The van der Waals surface area contributed by atoms with Crippen LogP contribution in [-0.2, 0) is 6.54 Å². The van der Waals surface area contributed by atoms with Crippen molar-refractivity contribution >= 4 is 34.8 Å². The number of hydrogen-bond acceptors (Lipinski definition) is 6. The largest absolute Gasteiger partial charge is 0.497 e. The molecule has 4 aromatic rings. The highest BCUT2D eigenvalue weighted by molar-refractivity contribution is 6.35. The minimum atomic E-state index is -0.439. The third-order valence-electron chi connectivity index (χ3n) is 4.65. The van der Waals surface area contributed by atoms with Crippen molar-refractivity contribution in [3.63, 3.8) is 0 Å². The maximum absolute atomic E-state index is 12.6. The number of halogens is 2. The topological polar surface area (TPSA) is 91.4 Å². The predicted molar refractivity (Wildman–Crippen MR) is 121 cm³/mol. The summed E-state index contributed by atoms with van der Waals surface area (Å²) in [6.07, 6.45) is 3.22. The number of ether oxygens (including phenoxy) is 2. The van der Waals surface area contributed by atoms with Crippen molar-refractivity contribution in [3.8, 4) is 22.8 Å². The van der Waals surface area contributed by atoms with E-state index < -0.39 is 5.91 Å². The molecule has 0 saturated heterocycles. The number of hydrogen-bond donors (Lipinski definition) is 1. The highest BCUT2D eigenvalue weighted by Crippen LogP contribution is 2.33. The van der Waals surface area contributed by atoms with Crippen molar-refractivity contribution in [2.24, 2.45) is 0 Å². The molecule has 0 aliphatic heterocycles. The molecule has 8 nitrogen and oxygen atoms in total. The summed E-state index contributed by atoms with van der Waals surface area (Å²) >= 11 is 12.1. The first-order valence-corrected chi connectivity index (χ1v) is 10.2. The first-order chi connectivity index (χ1) is 15.5. The van der Waals surface area contributed by atoms with Crippen molar-refractivity contribution in [2.75, 3.05) is 19.5 Å². The van der Waals surface area contributed by atoms with Gasteiger partial charge in [0.05, 0.1) is 38.2 Å². The zero-order valence-electron chi connectivity index (χ0n) is 17.1. The molecule has 0 fully saturated rings. The van der Waals surface area contributed by atoms with Gasteiger partial charge in [-0.1, -0.05) is 34.4 Å². The van der Waals surface area contributed by atoms with Gasteiger partial charge in [-0.05, 0) is 35.9 Å². The summed E-state index contributed by atoms with van der Waals surface area (Å²) < 4.78 is 17.6. The van der Waals surface area contributed by atoms with Gasteiger partial charge in [0.15, 0.2) is 11.5 Å². The van der Waals surface area contributed by atoms with Crippen LogP contribution in [0, 0.1) is 0 Å². The maximum Gasteiger partial charge on any atom is 0.277 e. The highest BCUT2D eigenvalue weighted by atomic mass is 35.5. The lowest BCUT2D eigenvalue weighted by Crippen LogP contribution is -2.11. The van der Waals surface area contributed by atoms with E-state index in [1.165, 1.54) is 12.3 Å². The second kappa shape index (κ2) is 9.33. The standard InChI is InChI=1S/C22H18Cl2N4O4/c1-30-16-5-6-20(31-2)17(8-16)21-9-19(27-32-21)22(29)26-15-10-25-28(12-15)11-13-3-4-14(23)7-18(13)24/h3-10,12H,11H2,1-2H3,(H,26,29). The molecule has 1 N–H and O–H groups in total. The predicted octanol–water partition coefficient (Wildman–Crippen LogP) is 5.16. The van der Waals surface area contributed by atoms with Crippen LogP contribution in [-0.4, -0.2) is 35.1 Å². The number of rotatable bonds is 7. The average Bonchev–Trinajstić information content (AvgIpc) is 3.45. The van der Waals surface area contributed by atoms with Crippen LogP contribution in [0.1, 0.15) is 16.1 Å². The molecule has 0 spiro atoms. The summed E-state index contributed by atoms with van der Waals surface area (Å²) in [5, 5.41) is 12.0. The molecule has 2 heterocycles. The van der Waals surface area contributed by atoms with Crippen LogP contribution in [0.4, 0.5) is 5.69 Å². The first-order valence-electron chi connectivity index (χ1n) is 9.43. The molecule has 164 valence electrons. The van der Waals surface area contributed by atoms with Crippen molar-refractivity contribution in [1.29, 1.82) is 0 Å². The SMILES string of the molecule is COc1ccc(OC)c(-c2cc(C(=O)Nc3cnn(Cc4ccc(Cl)cc4Cl)c3)no2)c1. The van der Waals surface area contributed by atoms with E-state index in [1.807, 2.05) is 6.07 Å². The second-order valence-electron chi connectivity index (χ2n) is 6.76. The summed E-state index contributed by atoms with van der Waals surface area (Å²) in [6, 6.07) is 12.0. The minimum absolute atomic E-state index is 0.110. The molecule has 2 aromatic heterocycles. The number of aromatic nitrogens is 3. The third kappa shape index (κ3) is 4.71. The van der Waals surface area contributed by atoms with E-state index in [0.717, 1.165) is 5.56 Å². The van der Waals surface area contributed by atoms with Gasteiger partial charge >= 0.3 is 0 Å².